The van der Waals surface area contributed by atoms with E-state index >= 15 is 0 Å². The zero-order valence-electron chi connectivity index (χ0n) is 12.2. The van der Waals surface area contributed by atoms with Gasteiger partial charge in [0.1, 0.15) is 6.04 Å². The largest absolute Gasteiger partial charge is 0.480 e. The van der Waals surface area contributed by atoms with Gasteiger partial charge in [0.05, 0.1) is 11.1 Å². The highest BCUT2D eigenvalue weighted by Gasteiger charge is 2.30. The van der Waals surface area contributed by atoms with Gasteiger partial charge < -0.3 is 10.4 Å². The smallest absolute Gasteiger partial charge is 0.416 e. The quantitative estimate of drug-likeness (QED) is 0.878. The Morgan fingerprint density at radius 2 is 1.83 bits per heavy atom. The van der Waals surface area contributed by atoms with Crippen LogP contribution in [0.3, 0.4) is 0 Å². The molecule has 0 bridgehead atoms. The molecule has 0 saturated carbocycles. The first kappa shape index (κ1) is 17.5. The fourth-order valence-corrected chi connectivity index (χ4v) is 2.00. The molecular formula is C16H13F3N2O3. The molecule has 0 radical (unpaired) electrons. The molecule has 8 heteroatoms. The van der Waals surface area contributed by atoms with Crippen molar-refractivity contribution in [2.45, 2.75) is 18.6 Å². The summed E-state index contributed by atoms with van der Waals surface area (Å²) < 4.78 is 37.5. The Balaban J connectivity index is 2.09. The van der Waals surface area contributed by atoms with Crippen molar-refractivity contribution < 1.29 is 27.9 Å². The lowest BCUT2D eigenvalue weighted by atomic mass is 10.0. The number of amides is 1. The molecule has 2 N–H and O–H groups in total. The number of hydrogen-bond acceptors (Lipinski definition) is 3. The number of carboxylic acid groups (broad SMARTS) is 1. The predicted octanol–water partition coefficient (Wildman–Crippen LogP) is 2.53. The molecule has 0 aliphatic carbocycles. The molecule has 1 heterocycles. The van der Waals surface area contributed by atoms with Gasteiger partial charge in [-0.3, -0.25) is 9.78 Å². The van der Waals surface area contributed by atoms with Crippen LogP contribution in [-0.4, -0.2) is 28.0 Å². The zero-order valence-corrected chi connectivity index (χ0v) is 12.2. The van der Waals surface area contributed by atoms with Crippen LogP contribution in [0, 0.1) is 0 Å². The summed E-state index contributed by atoms with van der Waals surface area (Å²) in [5, 5.41) is 11.5. The molecule has 0 aliphatic heterocycles. The predicted molar refractivity (Wildman–Crippen MR) is 78.3 cm³/mol. The topological polar surface area (TPSA) is 79.3 Å². The average molecular weight is 338 g/mol. The molecule has 1 aromatic carbocycles. The van der Waals surface area contributed by atoms with E-state index in [0.717, 1.165) is 12.1 Å². The molecule has 2 rings (SSSR count). The second-order valence-electron chi connectivity index (χ2n) is 5.00. The van der Waals surface area contributed by atoms with Crippen molar-refractivity contribution in [2.75, 3.05) is 0 Å². The summed E-state index contributed by atoms with van der Waals surface area (Å²) in [5.74, 6) is -1.91. The second-order valence-corrected chi connectivity index (χ2v) is 5.00. The van der Waals surface area contributed by atoms with Crippen molar-refractivity contribution in [3.05, 3.63) is 65.5 Å². The summed E-state index contributed by atoms with van der Waals surface area (Å²) in [6.45, 7) is 0. The second kappa shape index (κ2) is 7.12. The van der Waals surface area contributed by atoms with Gasteiger partial charge in [-0.15, -0.1) is 0 Å². The summed E-state index contributed by atoms with van der Waals surface area (Å²) >= 11 is 0. The van der Waals surface area contributed by atoms with Gasteiger partial charge >= 0.3 is 12.1 Å². The first-order chi connectivity index (χ1) is 11.3. The zero-order chi connectivity index (χ0) is 17.7. The molecule has 5 nitrogen and oxygen atoms in total. The fourth-order valence-electron chi connectivity index (χ4n) is 2.00. The van der Waals surface area contributed by atoms with Gasteiger partial charge in [0.2, 0.25) is 0 Å². The number of pyridine rings is 1. The van der Waals surface area contributed by atoms with E-state index in [-0.39, 0.29) is 12.0 Å². The minimum Gasteiger partial charge on any atom is -0.480 e. The molecule has 0 aliphatic rings. The summed E-state index contributed by atoms with van der Waals surface area (Å²) in [4.78, 5) is 27.0. The third-order valence-corrected chi connectivity index (χ3v) is 3.25. The van der Waals surface area contributed by atoms with Gasteiger partial charge in [0.25, 0.3) is 5.91 Å². The van der Waals surface area contributed by atoms with Gasteiger partial charge in [0.15, 0.2) is 0 Å². The van der Waals surface area contributed by atoms with Crippen LogP contribution in [0.15, 0.2) is 48.8 Å². The molecule has 0 unspecified atom stereocenters. The van der Waals surface area contributed by atoms with Crippen molar-refractivity contribution >= 4 is 11.9 Å². The number of carbonyl (C=O) groups excluding carboxylic acids is 1. The summed E-state index contributed by atoms with van der Waals surface area (Å²) in [6, 6.07) is 5.85. The number of benzene rings is 1. The third-order valence-electron chi connectivity index (χ3n) is 3.25. The molecule has 0 fully saturated rings. The van der Waals surface area contributed by atoms with Crippen molar-refractivity contribution in [1.82, 2.24) is 10.3 Å². The molecule has 1 aromatic heterocycles. The van der Waals surface area contributed by atoms with Gasteiger partial charge in [-0.05, 0) is 29.8 Å². The normalized spacial score (nSPS) is 12.5. The minimum absolute atomic E-state index is 0.139. The van der Waals surface area contributed by atoms with E-state index in [0.29, 0.717) is 5.56 Å². The first-order valence-corrected chi connectivity index (χ1v) is 6.87. The molecule has 0 spiro atoms. The number of carbonyl (C=O) groups is 2. The Kier molecular flexibility index (Phi) is 5.18. The van der Waals surface area contributed by atoms with Gasteiger partial charge in [-0.1, -0.05) is 12.1 Å². The maximum Gasteiger partial charge on any atom is 0.416 e. The Hall–Kier alpha value is -2.90. The van der Waals surface area contributed by atoms with Crippen LogP contribution in [0.2, 0.25) is 0 Å². The van der Waals surface area contributed by atoms with Crippen LogP contribution < -0.4 is 5.32 Å². The van der Waals surface area contributed by atoms with Crippen molar-refractivity contribution in [2.24, 2.45) is 0 Å². The summed E-state index contributed by atoms with van der Waals surface area (Å²) in [7, 11) is 0. The van der Waals surface area contributed by atoms with Gasteiger partial charge in [-0.25, -0.2) is 4.79 Å². The van der Waals surface area contributed by atoms with E-state index in [2.05, 4.69) is 10.3 Å². The van der Waals surface area contributed by atoms with E-state index < -0.39 is 29.7 Å². The minimum atomic E-state index is -4.46. The highest BCUT2D eigenvalue weighted by molar-refractivity contribution is 5.96. The van der Waals surface area contributed by atoms with E-state index in [1.165, 1.54) is 36.7 Å². The van der Waals surface area contributed by atoms with Crippen LogP contribution in [0.25, 0.3) is 0 Å². The summed E-state index contributed by atoms with van der Waals surface area (Å²) in [6.07, 6.45) is -1.85. The number of nitrogens with one attached hydrogen (secondary N) is 1. The van der Waals surface area contributed by atoms with Crippen molar-refractivity contribution in [1.29, 1.82) is 0 Å². The number of nitrogens with zero attached hydrogens (tertiary/aromatic N) is 1. The Labute approximate surface area is 135 Å². The number of rotatable bonds is 5. The first-order valence-electron chi connectivity index (χ1n) is 6.87. The lowest BCUT2D eigenvalue weighted by Gasteiger charge is -2.15. The number of halogens is 3. The standard InChI is InChI=1S/C16H13F3N2O3/c17-16(18,19)12-5-3-10(4-6-12)8-13(15(23)24)21-14(22)11-2-1-7-20-9-11/h1-7,9,13H,8H2,(H,21,22)(H,23,24)/t13-/m1/s1. The Bertz CT molecular complexity index is 716. The van der Waals surface area contributed by atoms with E-state index in [1.54, 1.807) is 0 Å². The van der Waals surface area contributed by atoms with Crippen LogP contribution in [0.4, 0.5) is 13.2 Å². The summed E-state index contributed by atoms with van der Waals surface area (Å²) in [5.41, 5.74) is -0.268. The molecule has 126 valence electrons. The van der Waals surface area contributed by atoms with Crippen LogP contribution in [0.1, 0.15) is 21.5 Å². The maximum atomic E-state index is 12.5. The van der Waals surface area contributed by atoms with Gasteiger partial charge in [0, 0.05) is 18.8 Å². The Morgan fingerprint density at radius 3 is 2.33 bits per heavy atom. The Morgan fingerprint density at radius 1 is 1.17 bits per heavy atom. The van der Waals surface area contributed by atoms with E-state index in [9.17, 15) is 27.9 Å². The molecule has 2 aromatic rings. The van der Waals surface area contributed by atoms with Crippen molar-refractivity contribution in [3.8, 4) is 0 Å². The number of alkyl halides is 3. The fraction of sp³-hybridized carbons (Fsp3) is 0.188. The number of carboxylic acids is 1. The maximum absolute atomic E-state index is 12.5. The lowest BCUT2D eigenvalue weighted by molar-refractivity contribution is -0.139. The molecule has 1 amide bonds. The number of aliphatic carboxylic acids is 1. The van der Waals surface area contributed by atoms with Crippen LogP contribution >= 0.6 is 0 Å². The monoisotopic (exact) mass is 338 g/mol. The number of aromatic nitrogens is 1. The van der Waals surface area contributed by atoms with Crippen LogP contribution in [0.5, 0.6) is 0 Å². The highest BCUT2D eigenvalue weighted by atomic mass is 19.4. The highest BCUT2D eigenvalue weighted by Crippen LogP contribution is 2.29. The molecule has 24 heavy (non-hydrogen) atoms. The van der Waals surface area contributed by atoms with Crippen molar-refractivity contribution in [3.63, 3.8) is 0 Å². The SMILES string of the molecule is O=C(N[C@H](Cc1ccc(C(F)(F)F)cc1)C(=O)O)c1cccnc1. The van der Waals surface area contributed by atoms with E-state index in [4.69, 9.17) is 0 Å². The van der Waals surface area contributed by atoms with Gasteiger partial charge in [-0.2, -0.15) is 13.2 Å². The molecule has 0 saturated heterocycles. The third kappa shape index (κ3) is 4.55. The lowest BCUT2D eigenvalue weighted by Crippen LogP contribution is -2.42. The van der Waals surface area contributed by atoms with Crippen LogP contribution in [-0.2, 0) is 17.4 Å². The molecule has 1 atom stereocenters. The average Bonchev–Trinajstić information content (AvgIpc) is 2.54. The van der Waals surface area contributed by atoms with E-state index in [1.807, 2.05) is 0 Å². The number of hydrogen-bond donors (Lipinski definition) is 2. The molecular weight excluding hydrogens is 325 g/mol.